The number of likely N-dealkylation sites (N-methyl/N-ethyl adjacent to an activating group) is 1. The Hall–Kier alpha value is -0.830. The summed E-state index contributed by atoms with van der Waals surface area (Å²) in [5.74, 6) is 1.77. The van der Waals surface area contributed by atoms with E-state index in [2.05, 4.69) is 48.6 Å². The lowest BCUT2D eigenvalue weighted by Crippen LogP contribution is -2.21. The zero-order chi connectivity index (χ0) is 14.4. The summed E-state index contributed by atoms with van der Waals surface area (Å²) in [4.78, 5) is 2.34. The van der Waals surface area contributed by atoms with Crippen molar-refractivity contribution in [1.82, 2.24) is 4.90 Å². The van der Waals surface area contributed by atoms with Crippen molar-refractivity contribution >= 4 is 39.4 Å². The minimum absolute atomic E-state index is 0. The highest BCUT2D eigenvalue weighted by molar-refractivity contribution is 7.17. The number of fused-ring (bicyclic) bond motifs is 3. The highest BCUT2D eigenvalue weighted by atomic mass is 35.5. The molecule has 0 spiro atoms. The zero-order valence-electron chi connectivity index (χ0n) is 13.3. The molecule has 1 nitrogen and oxygen atoms in total. The number of allylic oxidation sites excluding steroid dienone is 1. The molecule has 0 amide bonds. The Morgan fingerprint density at radius 1 is 1.18 bits per heavy atom. The summed E-state index contributed by atoms with van der Waals surface area (Å²) in [5.41, 5.74) is 4.88. The standard InChI is InChI=1S/C19H23NS.ClH/c1-20(2)12-17-10-13-3-4-15(9-13)19(17)16-5-6-18-14(11-16)7-8-21-18;/h5-8,11,13,15H,3-4,9-10,12H2,1-2H3;1H/t13-,15-;/m1./s1. The molecule has 2 aromatic rings. The molecule has 4 rings (SSSR count). The van der Waals surface area contributed by atoms with Gasteiger partial charge in [0, 0.05) is 11.2 Å². The molecule has 1 aromatic carbocycles. The van der Waals surface area contributed by atoms with Crippen LogP contribution in [0.5, 0.6) is 0 Å². The average Bonchev–Trinajstić information content (AvgIpc) is 3.05. The third-order valence-electron chi connectivity index (χ3n) is 5.14. The van der Waals surface area contributed by atoms with Gasteiger partial charge in [-0.2, -0.15) is 0 Å². The molecule has 0 unspecified atom stereocenters. The summed E-state index contributed by atoms with van der Waals surface area (Å²) >= 11 is 1.84. The van der Waals surface area contributed by atoms with Crippen LogP contribution in [0.4, 0.5) is 0 Å². The zero-order valence-corrected chi connectivity index (χ0v) is 15.0. The molecule has 1 fully saturated rings. The summed E-state index contributed by atoms with van der Waals surface area (Å²) in [6.45, 7) is 1.13. The van der Waals surface area contributed by atoms with Gasteiger partial charge in [0.05, 0.1) is 0 Å². The second kappa shape index (κ2) is 6.35. The van der Waals surface area contributed by atoms with Crippen molar-refractivity contribution < 1.29 is 0 Å². The lowest BCUT2D eigenvalue weighted by molar-refractivity contribution is 0.413. The van der Waals surface area contributed by atoms with Gasteiger partial charge in [0.2, 0.25) is 0 Å². The van der Waals surface area contributed by atoms with Crippen molar-refractivity contribution in [3.8, 4) is 0 Å². The molecular formula is C19H24ClNS. The van der Waals surface area contributed by atoms with Crippen molar-refractivity contribution in [2.45, 2.75) is 25.7 Å². The van der Waals surface area contributed by atoms with Gasteiger partial charge in [-0.05, 0) is 91.7 Å². The molecule has 22 heavy (non-hydrogen) atoms. The fourth-order valence-electron chi connectivity index (χ4n) is 4.38. The van der Waals surface area contributed by atoms with Crippen molar-refractivity contribution in [3.63, 3.8) is 0 Å². The number of benzene rings is 1. The van der Waals surface area contributed by atoms with Gasteiger partial charge in [-0.1, -0.05) is 11.6 Å². The largest absolute Gasteiger partial charge is 0.305 e. The van der Waals surface area contributed by atoms with Crippen LogP contribution in [0.1, 0.15) is 31.2 Å². The number of halogens is 1. The summed E-state index contributed by atoms with van der Waals surface area (Å²) in [6.07, 6.45) is 5.59. The second-order valence-corrected chi connectivity index (χ2v) is 7.96. The molecule has 2 aliphatic carbocycles. The van der Waals surface area contributed by atoms with Gasteiger partial charge in [0.25, 0.3) is 0 Å². The molecular weight excluding hydrogens is 310 g/mol. The van der Waals surface area contributed by atoms with Crippen LogP contribution in [0.2, 0.25) is 0 Å². The summed E-state index contributed by atoms with van der Waals surface area (Å²) < 4.78 is 1.41. The van der Waals surface area contributed by atoms with Crippen LogP contribution in [-0.2, 0) is 0 Å². The molecule has 0 aliphatic heterocycles. The van der Waals surface area contributed by atoms with Crippen LogP contribution in [0.15, 0.2) is 35.2 Å². The first-order valence-electron chi connectivity index (χ1n) is 8.05. The Kier molecular flexibility index (Phi) is 4.63. The molecule has 2 aliphatic rings. The Bertz CT molecular complexity index is 700. The van der Waals surface area contributed by atoms with E-state index in [1.807, 2.05) is 11.3 Å². The normalized spacial score (nSPS) is 24.1. The molecule has 0 saturated heterocycles. The van der Waals surface area contributed by atoms with Gasteiger partial charge < -0.3 is 4.90 Å². The number of hydrogen-bond donors (Lipinski definition) is 0. The summed E-state index contributed by atoms with van der Waals surface area (Å²) in [7, 11) is 4.40. The van der Waals surface area contributed by atoms with Crippen LogP contribution in [0.3, 0.4) is 0 Å². The maximum atomic E-state index is 2.43. The van der Waals surface area contributed by atoms with Crippen molar-refractivity contribution in [1.29, 1.82) is 0 Å². The predicted octanol–water partition coefficient (Wildman–Crippen LogP) is 5.46. The maximum Gasteiger partial charge on any atom is 0.0343 e. The van der Waals surface area contributed by atoms with E-state index >= 15 is 0 Å². The van der Waals surface area contributed by atoms with Gasteiger partial charge in [0.1, 0.15) is 0 Å². The van der Waals surface area contributed by atoms with Crippen LogP contribution < -0.4 is 0 Å². The van der Waals surface area contributed by atoms with E-state index in [9.17, 15) is 0 Å². The first kappa shape index (κ1) is 16.0. The van der Waals surface area contributed by atoms with Gasteiger partial charge >= 0.3 is 0 Å². The number of thiophene rings is 1. The monoisotopic (exact) mass is 333 g/mol. The molecule has 0 radical (unpaired) electrons. The van der Waals surface area contributed by atoms with Crippen LogP contribution in [0, 0.1) is 11.8 Å². The Labute approximate surface area is 143 Å². The molecule has 2 atom stereocenters. The minimum atomic E-state index is 0. The third-order valence-corrected chi connectivity index (χ3v) is 6.03. The van der Waals surface area contributed by atoms with E-state index < -0.39 is 0 Å². The smallest absolute Gasteiger partial charge is 0.0343 e. The Morgan fingerprint density at radius 3 is 2.86 bits per heavy atom. The fraction of sp³-hybridized carbons (Fsp3) is 0.474. The van der Waals surface area contributed by atoms with Gasteiger partial charge in [-0.3, -0.25) is 0 Å². The topological polar surface area (TPSA) is 3.24 Å². The number of rotatable bonds is 3. The highest BCUT2D eigenvalue weighted by Gasteiger charge is 2.35. The molecule has 3 heteroatoms. The molecule has 0 N–H and O–H groups in total. The summed E-state index contributed by atoms with van der Waals surface area (Å²) in [6, 6.07) is 9.37. The van der Waals surface area contributed by atoms with E-state index in [1.54, 1.807) is 11.1 Å². The first-order valence-corrected chi connectivity index (χ1v) is 8.93. The van der Waals surface area contributed by atoms with Gasteiger partial charge in [0.15, 0.2) is 0 Å². The second-order valence-electron chi connectivity index (χ2n) is 7.01. The molecule has 1 saturated carbocycles. The van der Waals surface area contributed by atoms with E-state index in [-0.39, 0.29) is 12.4 Å². The van der Waals surface area contributed by atoms with Crippen LogP contribution in [-0.4, -0.2) is 25.5 Å². The SMILES string of the molecule is CN(C)CC1=C(c2ccc3sccc3c2)[C@@H]2CC[C@@H](C1)C2.Cl. The van der Waals surface area contributed by atoms with E-state index in [0.717, 1.165) is 18.4 Å². The summed E-state index contributed by atoms with van der Waals surface area (Å²) in [5, 5.41) is 3.62. The Balaban J connectivity index is 0.00000144. The lowest BCUT2D eigenvalue weighted by Gasteiger charge is -2.29. The van der Waals surface area contributed by atoms with Gasteiger partial charge in [-0.25, -0.2) is 0 Å². The molecule has 2 bridgehead atoms. The Morgan fingerprint density at radius 2 is 2.05 bits per heavy atom. The van der Waals surface area contributed by atoms with Crippen LogP contribution in [0.25, 0.3) is 15.7 Å². The minimum Gasteiger partial charge on any atom is -0.305 e. The average molecular weight is 334 g/mol. The molecule has 118 valence electrons. The predicted molar refractivity (Wildman–Crippen MR) is 100.0 cm³/mol. The first-order chi connectivity index (χ1) is 10.2. The van der Waals surface area contributed by atoms with E-state index in [4.69, 9.17) is 0 Å². The van der Waals surface area contributed by atoms with E-state index in [0.29, 0.717) is 0 Å². The molecule has 1 heterocycles. The van der Waals surface area contributed by atoms with Gasteiger partial charge in [-0.15, -0.1) is 23.7 Å². The number of hydrogen-bond acceptors (Lipinski definition) is 2. The van der Waals surface area contributed by atoms with Crippen molar-refractivity contribution in [2.24, 2.45) is 11.8 Å². The highest BCUT2D eigenvalue weighted by Crippen LogP contribution is 2.49. The van der Waals surface area contributed by atoms with E-state index in [1.165, 1.54) is 41.3 Å². The molecule has 1 aromatic heterocycles. The maximum absolute atomic E-state index is 2.43. The van der Waals surface area contributed by atoms with Crippen LogP contribution >= 0.6 is 23.7 Å². The lowest BCUT2D eigenvalue weighted by atomic mass is 9.79. The fourth-order valence-corrected chi connectivity index (χ4v) is 5.15. The third kappa shape index (κ3) is 2.84. The van der Waals surface area contributed by atoms with Crippen molar-refractivity contribution in [3.05, 3.63) is 40.8 Å². The quantitative estimate of drug-likeness (QED) is 0.721. The van der Waals surface area contributed by atoms with Crippen molar-refractivity contribution in [2.75, 3.05) is 20.6 Å². The number of nitrogens with zero attached hydrogens (tertiary/aromatic N) is 1.